The zero-order chi connectivity index (χ0) is 19.2. The number of urea groups is 1. The van der Waals surface area contributed by atoms with E-state index in [9.17, 15) is 14.0 Å². The van der Waals surface area contributed by atoms with Crippen molar-refractivity contribution in [3.05, 3.63) is 54.3 Å². The minimum atomic E-state index is -0.569. The second kappa shape index (κ2) is 8.53. The standard InChI is InChI=1S/C20H22FN3O3/c1-2-27-18-8-4-3-6-16(18)23-19(25)17-7-5-13-24(17)20(26)22-15-11-9-14(21)10-12-15/h3-4,6,8-12,17H,2,5,7,13H2,1H3,(H,22,26)(H,23,25). The van der Waals surface area contributed by atoms with Gasteiger partial charge in [0.1, 0.15) is 17.6 Å². The number of carbonyl (C=O) groups excluding carboxylic acids is 2. The number of amides is 3. The van der Waals surface area contributed by atoms with E-state index < -0.39 is 6.04 Å². The van der Waals surface area contributed by atoms with E-state index in [0.29, 0.717) is 36.7 Å². The summed E-state index contributed by atoms with van der Waals surface area (Å²) in [5, 5.41) is 5.57. The van der Waals surface area contributed by atoms with E-state index in [4.69, 9.17) is 4.74 Å². The molecule has 0 radical (unpaired) electrons. The number of nitrogens with zero attached hydrogens (tertiary/aromatic N) is 1. The topological polar surface area (TPSA) is 70.7 Å². The summed E-state index contributed by atoms with van der Waals surface area (Å²) in [6, 6.07) is 11.8. The summed E-state index contributed by atoms with van der Waals surface area (Å²) in [5.74, 6) is -0.0399. The Morgan fingerprint density at radius 3 is 2.63 bits per heavy atom. The van der Waals surface area contributed by atoms with E-state index in [1.165, 1.54) is 29.2 Å². The highest BCUT2D eigenvalue weighted by Crippen LogP contribution is 2.26. The number of hydrogen-bond donors (Lipinski definition) is 2. The average Bonchev–Trinajstić information content (AvgIpc) is 3.15. The van der Waals surface area contributed by atoms with Crippen LogP contribution in [0.2, 0.25) is 0 Å². The van der Waals surface area contributed by atoms with Gasteiger partial charge in [-0.05, 0) is 56.2 Å². The maximum Gasteiger partial charge on any atom is 0.322 e. The largest absolute Gasteiger partial charge is 0.492 e. The lowest BCUT2D eigenvalue weighted by molar-refractivity contribution is -0.119. The lowest BCUT2D eigenvalue weighted by Gasteiger charge is -2.24. The van der Waals surface area contributed by atoms with Gasteiger partial charge in [0.25, 0.3) is 0 Å². The third kappa shape index (κ3) is 4.55. The monoisotopic (exact) mass is 371 g/mol. The Kier molecular flexibility index (Phi) is 5.90. The number of rotatable bonds is 5. The Bertz CT molecular complexity index is 810. The van der Waals surface area contributed by atoms with Crippen molar-refractivity contribution in [1.82, 2.24) is 4.90 Å². The zero-order valence-corrected chi connectivity index (χ0v) is 15.1. The molecule has 1 unspecified atom stereocenters. The minimum absolute atomic E-state index is 0.256. The highest BCUT2D eigenvalue weighted by molar-refractivity contribution is 6.00. The highest BCUT2D eigenvalue weighted by atomic mass is 19.1. The molecular formula is C20H22FN3O3. The summed E-state index contributed by atoms with van der Waals surface area (Å²) in [5.41, 5.74) is 1.06. The number of benzene rings is 2. The summed E-state index contributed by atoms with van der Waals surface area (Å²) in [6.07, 6.45) is 1.32. The van der Waals surface area contributed by atoms with Crippen molar-refractivity contribution >= 4 is 23.3 Å². The van der Waals surface area contributed by atoms with Crippen LogP contribution in [-0.4, -0.2) is 36.0 Å². The first-order chi connectivity index (χ1) is 13.1. The molecule has 2 aromatic rings. The van der Waals surface area contributed by atoms with Crippen LogP contribution in [0.5, 0.6) is 5.75 Å². The van der Waals surface area contributed by atoms with Crippen molar-refractivity contribution < 1.29 is 18.7 Å². The average molecular weight is 371 g/mol. The van der Waals surface area contributed by atoms with Crippen LogP contribution in [0.1, 0.15) is 19.8 Å². The number of nitrogens with one attached hydrogen (secondary N) is 2. The van der Waals surface area contributed by atoms with E-state index in [0.717, 1.165) is 6.42 Å². The number of anilines is 2. The molecule has 7 heteroatoms. The molecule has 1 fully saturated rings. The number of carbonyl (C=O) groups is 2. The molecule has 0 aromatic heterocycles. The molecular weight excluding hydrogens is 349 g/mol. The van der Waals surface area contributed by atoms with Crippen LogP contribution in [0.15, 0.2) is 48.5 Å². The summed E-state index contributed by atoms with van der Waals surface area (Å²) in [6.45, 7) is 2.85. The predicted octanol–water partition coefficient (Wildman–Crippen LogP) is 3.86. The molecule has 1 aliphatic rings. The molecule has 142 valence electrons. The van der Waals surface area contributed by atoms with Crippen LogP contribution < -0.4 is 15.4 Å². The molecule has 1 heterocycles. The van der Waals surface area contributed by atoms with Gasteiger partial charge in [0.2, 0.25) is 5.91 Å². The van der Waals surface area contributed by atoms with Gasteiger partial charge in [0.15, 0.2) is 0 Å². The molecule has 27 heavy (non-hydrogen) atoms. The zero-order valence-electron chi connectivity index (χ0n) is 15.1. The SMILES string of the molecule is CCOc1ccccc1NC(=O)C1CCCN1C(=O)Nc1ccc(F)cc1. The summed E-state index contributed by atoms with van der Waals surface area (Å²) >= 11 is 0. The second-order valence-electron chi connectivity index (χ2n) is 6.21. The number of para-hydroxylation sites is 2. The van der Waals surface area contributed by atoms with Crippen molar-refractivity contribution in [2.45, 2.75) is 25.8 Å². The molecule has 0 saturated carbocycles. The second-order valence-corrected chi connectivity index (χ2v) is 6.21. The van der Waals surface area contributed by atoms with Gasteiger partial charge < -0.3 is 20.3 Å². The van der Waals surface area contributed by atoms with Gasteiger partial charge in [-0.3, -0.25) is 4.79 Å². The Hall–Kier alpha value is -3.09. The van der Waals surface area contributed by atoms with Gasteiger partial charge in [0, 0.05) is 12.2 Å². The van der Waals surface area contributed by atoms with Gasteiger partial charge >= 0.3 is 6.03 Å². The first-order valence-electron chi connectivity index (χ1n) is 8.94. The van der Waals surface area contributed by atoms with E-state index in [2.05, 4.69) is 10.6 Å². The predicted molar refractivity (Wildman–Crippen MR) is 101 cm³/mol. The number of hydrogen-bond acceptors (Lipinski definition) is 3. The summed E-state index contributed by atoms with van der Waals surface area (Å²) in [4.78, 5) is 26.8. The van der Waals surface area contributed by atoms with E-state index in [1.54, 1.807) is 12.1 Å². The minimum Gasteiger partial charge on any atom is -0.492 e. The fraction of sp³-hybridized carbons (Fsp3) is 0.300. The van der Waals surface area contributed by atoms with Crippen molar-refractivity contribution in [3.8, 4) is 5.75 Å². The normalized spacial score (nSPS) is 16.1. The first kappa shape index (κ1) is 18.7. The molecule has 2 N–H and O–H groups in total. The molecule has 1 atom stereocenters. The van der Waals surface area contributed by atoms with E-state index in [1.807, 2.05) is 19.1 Å². The Morgan fingerprint density at radius 1 is 1.15 bits per heavy atom. The van der Waals surface area contributed by atoms with Crippen molar-refractivity contribution in [2.24, 2.45) is 0 Å². The van der Waals surface area contributed by atoms with Gasteiger partial charge in [-0.15, -0.1) is 0 Å². The molecule has 3 rings (SSSR count). The Balaban J connectivity index is 1.67. The lowest BCUT2D eigenvalue weighted by Crippen LogP contribution is -2.45. The smallest absolute Gasteiger partial charge is 0.322 e. The highest BCUT2D eigenvalue weighted by Gasteiger charge is 2.34. The lowest BCUT2D eigenvalue weighted by atomic mass is 10.2. The molecule has 0 bridgehead atoms. The van der Waals surface area contributed by atoms with Crippen molar-refractivity contribution in [3.63, 3.8) is 0 Å². The summed E-state index contributed by atoms with van der Waals surface area (Å²) in [7, 11) is 0. The van der Waals surface area contributed by atoms with E-state index >= 15 is 0 Å². The molecule has 6 nitrogen and oxygen atoms in total. The molecule has 0 aliphatic carbocycles. The van der Waals surface area contributed by atoms with E-state index in [-0.39, 0.29) is 17.8 Å². The van der Waals surface area contributed by atoms with Crippen LogP contribution in [0.25, 0.3) is 0 Å². The van der Waals surface area contributed by atoms with Gasteiger partial charge in [-0.25, -0.2) is 9.18 Å². The summed E-state index contributed by atoms with van der Waals surface area (Å²) < 4.78 is 18.5. The van der Waals surface area contributed by atoms with Crippen molar-refractivity contribution in [1.29, 1.82) is 0 Å². The van der Waals surface area contributed by atoms with Crippen LogP contribution in [-0.2, 0) is 4.79 Å². The number of ether oxygens (including phenoxy) is 1. The molecule has 1 saturated heterocycles. The quantitative estimate of drug-likeness (QED) is 0.838. The maximum atomic E-state index is 13.0. The van der Waals surface area contributed by atoms with Crippen LogP contribution in [0.4, 0.5) is 20.6 Å². The third-order valence-corrected chi connectivity index (χ3v) is 4.36. The first-order valence-corrected chi connectivity index (χ1v) is 8.94. The fourth-order valence-electron chi connectivity index (χ4n) is 3.08. The van der Waals surface area contributed by atoms with Crippen LogP contribution >= 0.6 is 0 Å². The Morgan fingerprint density at radius 2 is 1.89 bits per heavy atom. The van der Waals surface area contributed by atoms with Crippen LogP contribution in [0, 0.1) is 5.82 Å². The Labute approximate surface area is 157 Å². The molecule has 1 aliphatic heterocycles. The maximum absolute atomic E-state index is 13.0. The number of halogens is 1. The van der Waals surface area contributed by atoms with Gasteiger partial charge in [-0.1, -0.05) is 12.1 Å². The molecule has 3 amide bonds. The van der Waals surface area contributed by atoms with Gasteiger partial charge in [0.05, 0.1) is 12.3 Å². The molecule has 0 spiro atoms. The third-order valence-electron chi connectivity index (χ3n) is 4.36. The molecule has 2 aromatic carbocycles. The van der Waals surface area contributed by atoms with Gasteiger partial charge in [-0.2, -0.15) is 0 Å². The fourth-order valence-corrected chi connectivity index (χ4v) is 3.08. The van der Waals surface area contributed by atoms with Crippen LogP contribution in [0.3, 0.4) is 0 Å². The van der Waals surface area contributed by atoms with Crippen molar-refractivity contribution in [2.75, 3.05) is 23.8 Å². The number of likely N-dealkylation sites (tertiary alicyclic amines) is 1.